The summed E-state index contributed by atoms with van der Waals surface area (Å²) in [4.78, 5) is 13.0. The van der Waals surface area contributed by atoms with E-state index in [4.69, 9.17) is 23.2 Å². The molecule has 1 heterocycles. The van der Waals surface area contributed by atoms with Crippen LogP contribution < -0.4 is 10.2 Å². The number of hydrogen-bond acceptors (Lipinski definition) is 2. The van der Waals surface area contributed by atoms with Crippen molar-refractivity contribution in [1.82, 2.24) is 5.32 Å². The zero-order valence-electron chi connectivity index (χ0n) is 7.26. The molecular formula is C9H8Cl2N2O. The number of rotatable bonds is 1. The summed E-state index contributed by atoms with van der Waals surface area (Å²) in [5.41, 5.74) is 0.700. The Morgan fingerprint density at radius 1 is 1.36 bits per heavy atom. The van der Waals surface area contributed by atoms with Gasteiger partial charge in [-0.15, -0.1) is 0 Å². The molecule has 0 aromatic heterocycles. The number of benzene rings is 1. The van der Waals surface area contributed by atoms with Gasteiger partial charge >= 0.3 is 0 Å². The van der Waals surface area contributed by atoms with Crippen LogP contribution >= 0.6 is 23.2 Å². The van der Waals surface area contributed by atoms with Gasteiger partial charge in [0.15, 0.2) is 0 Å². The summed E-state index contributed by atoms with van der Waals surface area (Å²) < 4.78 is 0. The van der Waals surface area contributed by atoms with E-state index in [9.17, 15) is 4.79 Å². The average Bonchev–Trinajstić information content (AvgIpc) is 2.52. The van der Waals surface area contributed by atoms with E-state index in [1.807, 2.05) is 0 Å². The van der Waals surface area contributed by atoms with E-state index in [-0.39, 0.29) is 5.91 Å². The first kappa shape index (κ1) is 9.77. The number of hydrogen-bond donors (Lipinski definition) is 1. The van der Waals surface area contributed by atoms with Crippen LogP contribution in [0.2, 0.25) is 10.0 Å². The smallest absolute Gasteiger partial charge is 0.242 e. The normalized spacial score (nSPS) is 16.4. The molecule has 1 aliphatic rings. The number of amides is 1. The molecule has 0 unspecified atom stereocenters. The highest BCUT2D eigenvalue weighted by Gasteiger charge is 2.22. The van der Waals surface area contributed by atoms with Gasteiger partial charge < -0.3 is 0 Å². The minimum Gasteiger partial charge on any atom is -0.297 e. The Morgan fingerprint density at radius 3 is 2.71 bits per heavy atom. The zero-order chi connectivity index (χ0) is 10.1. The molecule has 1 amide bonds. The molecule has 1 aliphatic heterocycles. The molecule has 1 aromatic carbocycles. The summed E-state index contributed by atoms with van der Waals surface area (Å²) >= 11 is 11.7. The van der Waals surface area contributed by atoms with Gasteiger partial charge in [-0.2, -0.15) is 0 Å². The number of nitrogens with zero attached hydrogens (tertiary/aromatic N) is 1. The second-order valence-electron chi connectivity index (χ2n) is 3.00. The SMILES string of the molecule is O=C1CNCN1c1ccc(Cl)cc1Cl. The zero-order valence-corrected chi connectivity index (χ0v) is 8.77. The Labute approximate surface area is 91.6 Å². The number of carbonyl (C=O) groups excluding carboxylic acids is 1. The molecular weight excluding hydrogens is 223 g/mol. The van der Waals surface area contributed by atoms with Crippen molar-refractivity contribution in [3.8, 4) is 0 Å². The Kier molecular flexibility index (Phi) is 2.63. The maximum absolute atomic E-state index is 11.4. The van der Waals surface area contributed by atoms with Gasteiger partial charge in [0.1, 0.15) is 0 Å². The molecule has 1 saturated heterocycles. The maximum atomic E-state index is 11.4. The van der Waals surface area contributed by atoms with Crippen LogP contribution in [0.3, 0.4) is 0 Å². The minimum atomic E-state index is 0.0224. The minimum absolute atomic E-state index is 0.0224. The molecule has 2 rings (SSSR count). The van der Waals surface area contributed by atoms with Gasteiger partial charge in [-0.05, 0) is 18.2 Å². The van der Waals surface area contributed by atoms with Crippen molar-refractivity contribution in [2.75, 3.05) is 18.1 Å². The lowest BCUT2D eigenvalue weighted by molar-refractivity contribution is -0.116. The Hall–Kier alpha value is -0.770. The number of carbonyl (C=O) groups is 1. The van der Waals surface area contributed by atoms with Crippen LogP contribution in [0.4, 0.5) is 5.69 Å². The highest BCUT2D eigenvalue weighted by Crippen LogP contribution is 2.29. The summed E-state index contributed by atoms with van der Waals surface area (Å²) in [6.07, 6.45) is 0. The predicted octanol–water partition coefficient (Wildman–Crippen LogP) is 1.89. The van der Waals surface area contributed by atoms with E-state index in [0.717, 1.165) is 0 Å². The monoisotopic (exact) mass is 230 g/mol. The molecule has 0 atom stereocenters. The van der Waals surface area contributed by atoms with Crippen molar-refractivity contribution < 1.29 is 4.79 Å². The molecule has 0 spiro atoms. The van der Waals surface area contributed by atoms with Gasteiger partial charge in [-0.1, -0.05) is 23.2 Å². The van der Waals surface area contributed by atoms with E-state index >= 15 is 0 Å². The fourth-order valence-corrected chi connectivity index (χ4v) is 1.89. The molecule has 0 bridgehead atoms. The summed E-state index contributed by atoms with van der Waals surface area (Å²) in [6, 6.07) is 5.09. The van der Waals surface area contributed by atoms with Crippen LogP contribution in [0.1, 0.15) is 0 Å². The number of anilines is 1. The first-order valence-electron chi connectivity index (χ1n) is 4.14. The maximum Gasteiger partial charge on any atom is 0.242 e. The van der Waals surface area contributed by atoms with Crippen molar-refractivity contribution in [2.45, 2.75) is 0 Å². The van der Waals surface area contributed by atoms with Crippen LogP contribution in [0.5, 0.6) is 0 Å². The first-order valence-corrected chi connectivity index (χ1v) is 4.90. The van der Waals surface area contributed by atoms with Crippen molar-refractivity contribution in [3.63, 3.8) is 0 Å². The van der Waals surface area contributed by atoms with Crippen molar-refractivity contribution in [2.24, 2.45) is 0 Å². The van der Waals surface area contributed by atoms with Crippen molar-refractivity contribution in [1.29, 1.82) is 0 Å². The largest absolute Gasteiger partial charge is 0.297 e. The van der Waals surface area contributed by atoms with Gasteiger partial charge in [0.2, 0.25) is 5.91 Å². The lowest BCUT2D eigenvalue weighted by Gasteiger charge is -2.16. The van der Waals surface area contributed by atoms with E-state index < -0.39 is 0 Å². The van der Waals surface area contributed by atoms with Crippen LogP contribution in [-0.2, 0) is 4.79 Å². The van der Waals surface area contributed by atoms with Crippen LogP contribution in [0, 0.1) is 0 Å². The average molecular weight is 231 g/mol. The van der Waals surface area contributed by atoms with Gasteiger partial charge in [-0.3, -0.25) is 15.0 Å². The fourth-order valence-electron chi connectivity index (χ4n) is 1.38. The third-order valence-electron chi connectivity index (χ3n) is 2.05. The quantitative estimate of drug-likeness (QED) is 0.800. The van der Waals surface area contributed by atoms with Crippen LogP contribution in [0.15, 0.2) is 18.2 Å². The summed E-state index contributed by atoms with van der Waals surface area (Å²) in [5, 5.41) is 4.01. The lowest BCUT2D eigenvalue weighted by atomic mass is 10.3. The summed E-state index contributed by atoms with van der Waals surface area (Å²) in [6.45, 7) is 0.860. The van der Waals surface area contributed by atoms with Gasteiger partial charge in [0.25, 0.3) is 0 Å². The number of halogens is 2. The predicted molar refractivity (Wildman–Crippen MR) is 56.8 cm³/mol. The number of nitrogens with one attached hydrogen (secondary N) is 1. The Morgan fingerprint density at radius 2 is 2.14 bits per heavy atom. The van der Waals surface area contributed by atoms with E-state index in [0.29, 0.717) is 28.9 Å². The van der Waals surface area contributed by atoms with E-state index in [1.54, 1.807) is 23.1 Å². The summed E-state index contributed by atoms with van der Waals surface area (Å²) in [7, 11) is 0. The van der Waals surface area contributed by atoms with Gasteiger partial charge in [0, 0.05) is 5.02 Å². The third kappa shape index (κ3) is 1.71. The van der Waals surface area contributed by atoms with Crippen molar-refractivity contribution >= 4 is 34.8 Å². The Bertz CT molecular complexity index is 381. The second-order valence-corrected chi connectivity index (χ2v) is 3.85. The molecule has 74 valence electrons. The highest BCUT2D eigenvalue weighted by atomic mass is 35.5. The van der Waals surface area contributed by atoms with Crippen LogP contribution in [-0.4, -0.2) is 19.1 Å². The van der Waals surface area contributed by atoms with E-state index in [1.165, 1.54) is 0 Å². The van der Waals surface area contributed by atoms with Gasteiger partial charge in [0.05, 0.1) is 23.9 Å². The fraction of sp³-hybridized carbons (Fsp3) is 0.222. The van der Waals surface area contributed by atoms with Crippen molar-refractivity contribution in [3.05, 3.63) is 28.2 Å². The molecule has 3 nitrogen and oxygen atoms in total. The Balaban J connectivity index is 2.36. The van der Waals surface area contributed by atoms with Crippen LogP contribution in [0.25, 0.3) is 0 Å². The molecule has 0 saturated carbocycles. The topological polar surface area (TPSA) is 32.3 Å². The molecule has 0 radical (unpaired) electrons. The molecule has 14 heavy (non-hydrogen) atoms. The summed E-state index contributed by atoms with van der Waals surface area (Å²) in [5.74, 6) is 0.0224. The highest BCUT2D eigenvalue weighted by molar-refractivity contribution is 6.36. The first-order chi connectivity index (χ1) is 6.68. The standard InChI is InChI=1S/C9H8Cl2N2O/c10-6-1-2-8(7(11)3-6)13-5-12-4-9(13)14/h1-3,12H,4-5H2. The molecule has 5 heteroatoms. The van der Waals surface area contributed by atoms with Gasteiger partial charge in [-0.25, -0.2) is 0 Å². The molecule has 1 N–H and O–H groups in total. The lowest BCUT2D eigenvalue weighted by Crippen LogP contribution is -2.25. The molecule has 1 fully saturated rings. The molecule has 1 aromatic rings. The molecule has 0 aliphatic carbocycles. The van der Waals surface area contributed by atoms with E-state index in [2.05, 4.69) is 5.32 Å². The third-order valence-corrected chi connectivity index (χ3v) is 2.59. The second kappa shape index (κ2) is 3.77.